The van der Waals surface area contributed by atoms with Crippen LogP contribution in [0, 0.1) is 19.8 Å². The molecule has 1 aromatic heterocycles. The summed E-state index contributed by atoms with van der Waals surface area (Å²) >= 11 is 2.72. The summed E-state index contributed by atoms with van der Waals surface area (Å²) in [5, 5.41) is 13.5. The maximum absolute atomic E-state index is 12.5. The molecular formula is C18H22N6O2S2. The average Bonchev–Trinajstić information content (AvgIpc) is 3.32. The number of thiazole rings is 1. The van der Waals surface area contributed by atoms with E-state index in [1.165, 1.54) is 34.2 Å². The Morgan fingerprint density at radius 3 is 3.00 bits per heavy atom. The van der Waals surface area contributed by atoms with Crippen molar-refractivity contribution in [2.24, 2.45) is 5.92 Å². The van der Waals surface area contributed by atoms with Crippen molar-refractivity contribution in [3.63, 3.8) is 0 Å². The molecule has 148 valence electrons. The van der Waals surface area contributed by atoms with Gasteiger partial charge in [0, 0.05) is 18.1 Å². The van der Waals surface area contributed by atoms with E-state index in [0.717, 1.165) is 5.69 Å². The van der Waals surface area contributed by atoms with Gasteiger partial charge in [-0.05, 0) is 37.1 Å². The minimum absolute atomic E-state index is 0.0135. The Hall–Kier alpha value is -2.14. The highest BCUT2D eigenvalue weighted by molar-refractivity contribution is 8.00. The molecule has 10 heteroatoms. The predicted octanol–water partition coefficient (Wildman–Crippen LogP) is 1.40. The molecule has 2 fully saturated rings. The van der Waals surface area contributed by atoms with Gasteiger partial charge in [-0.2, -0.15) is 0 Å². The number of nitrogens with zero attached hydrogens (tertiary/aromatic N) is 2. The van der Waals surface area contributed by atoms with Crippen molar-refractivity contribution in [1.29, 1.82) is 0 Å². The topological polar surface area (TPSA) is 98.4 Å². The molecule has 2 aliphatic rings. The number of amides is 2. The Morgan fingerprint density at radius 2 is 2.25 bits per heavy atom. The van der Waals surface area contributed by atoms with E-state index in [9.17, 15) is 9.59 Å². The van der Waals surface area contributed by atoms with Gasteiger partial charge in [0.1, 0.15) is 11.7 Å². The minimum atomic E-state index is -0.343. The number of carbonyl (C=O) groups excluding carboxylic acids is 2. The SMILES string of the molecule is Cc1ccc(N2NCC3C(=O)NC(SCC(=O)Nc4nccs4)NC32)cc1C. The van der Waals surface area contributed by atoms with Crippen molar-refractivity contribution in [2.45, 2.75) is 25.5 Å². The molecule has 28 heavy (non-hydrogen) atoms. The second-order valence-electron chi connectivity index (χ2n) is 6.80. The molecule has 2 amide bonds. The number of benzene rings is 1. The summed E-state index contributed by atoms with van der Waals surface area (Å²) in [6, 6.07) is 6.25. The second kappa shape index (κ2) is 8.08. The number of carbonyl (C=O) groups is 2. The van der Waals surface area contributed by atoms with Crippen LogP contribution < -0.4 is 26.4 Å². The smallest absolute Gasteiger partial charge is 0.236 e. The van der Waals surface area contributed by atoms with E-state index in [1.54, 1.807) is 11.6 Å². The van der Waals surface area contributed by atoms with Gasteiger partial charge in [-0.1, -0.05) is 6.07 Å². The van der Waals surface area contributed by atoms with Crippen molar-refractivity contribution in [3.05, 3.63) is 40.9 Å². The van der Waals surface area contributed by atoms with Gasteiger partial charge >= 0.3 is 0 Å². The molecule has 3 atom stereocenters. The van der Waals surface area contributed by atoms with Crippen LogP contribution in [0.2, 0.25) is 0 Å². The van der Waals surface area contributed by atoms with Crippen molar-refractivity contribution in [2.75, 3.05) is 22.6 Å². The molecule has 2 saturated heterocycles. The molecule has 3 heterocycles. The molecule has 2 aliphatic heterocycles. The fraction of sp³-hybridized carbons (Fsp3) is 0.389. The number of anilines is 2. The number of aryl methyl sites for hydroxylation is 2. The Morgan fingerprint density at radius 1 is 1.39 bits per heavy atom. The Labute approximate surface area is 171 Å². The highest BCUT2D eigenvalue weighted by Crippen LogP contribution is 2.28. The fourth-order valence-corrected chi connectivity index (χ4v) is 4.63. The van der Waals surface area contributed by atoms with E-state index >= 15 is 0 Å². The molecular weight excluding hydrogens is 396 g/mol. The molecule has 1 aromatic carbocycles. The lowest BCUT2D eigenvalue weighted by Crippen LogP contribution is -2.63. The van der Waals surface area contributed by atoms with Crippen LogP contribution >= 0.6 is 23.1 Å². The number of hydrogen-bond donors (Lipinski definition) is 4. The van der Waals surface area contributed by atoms with E-state index in [1.807, 2.05) is 5.01 Å². The number of rotatable bonds is 5. The minimum Gasteiger partial charge on any atom is -0.331 e. The number of aromatic nitrogens is 1. The third kappa shape index (κ3) is 4.00. The number of thioether (sulfide) groups is 1. The van der Waals surface area contributed by atoms with Crippen molar-refractivity contribution < 1.29 is 9.59 Å². The number of fused-ring (bicyclic) bond motifs is 1. The average molecular weight is 419 g/mol. The molecule has 0 aliphatic carbocycles. The molecule has 8 nitrogen and oxygen atoms in total. The Bertz CT molecular complexity index is 875. The van der Waals surface area contributed by atoms with Gasteiger partial charge in [0.05, 0.1) is 17.4 Å². The Balaban J connectivity index is 1.40. The van der Waals surface area contributed by atoms with Crippen LogP contribution in [-0.4, -0.2) is 40.8 Å². The van der Waals surface area contributed by atoms with E-state index < -0.39 is 0 Å². The van der Waals surface area contributed by atoms with Crippen LogP contribution in [0.1, 0.15) is 11.1 Å². The molecule has 0 spiro atoms. The maximum Gasteiger partial charge on any atom is 0.236 e. The van der Waals surface area contributed by atoms with Gasteiger partial charge in [0.15, 0.2) is 5.13 Å². The number of hydrazine groups is 1. The highest BCUT2D eigenvalue weighted by atomic mass is 32.2. The first-order chi connectivity index (χ1) is 13.5. The van der Waals surface area contributed by atoms with E-state index in [4.69, 9.17) is 0 Å². The van der Waals surface area contributed by atoms with Gasteiger partial charge in [-0.25, -0.2) is 10.4 Å². The molecule has 0 radical (unpaired) electrons. The molecule has 3 unspecified atom stereocenters. The van der Waals surface area contributed by atoms with Crippen molar-refractivity contribution in [3.8, 4) is 0 Å². The zero-order valence-corrected chi connectivity index (χ0v) is 17.2. The normalized spacial score (nSPS) is 24.0. The van der Waals surface area contributed by atoms with Gasteiger partial charge in [-0.3, -0.25) is 19.9 Å². The largest absolute Gasteiger partial charge is 0.331 e. The van der Waals surface area contributed by atoms with Gasteiger partial charge < -0.3 is 10.6 Å². The molecule has 4 N–H and O–H groups in total. The monoisotopic (exact) mass is 418 g/mol. The highest BCUT2D eigenvalue weighted by Gasteiger charge is 2.44. The lowest BCUT2D eigenvalue weighted by Gasteiger charge is -2.37. The maximum atomic E-state index is 12.5. The first kappa shape index (κ1) is 19.2. The summed E-state index contributed by atoms with van der Waals surface area (Å²) in [5.41, 5.74) is 6.43. The van der Waals surface area contributed by atoms with E-state index in [0.29, 0.717) is 11.7 Å². The summed E-state index contributed by atoms with van der Waals surface area (Å²) < 4.78 is 0. The van der Waals surface area contributed by atoms with Crippen LogP contribution in [0.15, 0.2) is 29.8 Å². The van der Waals surface area contributed by atoms with Crippen LogP contribution in [0.3, 0.4) is 0 Å². The van der Waals surface area contributed by atoms with Crippen LogP contribution in [0.25, 0.3) is 0 Å². The Kier molecular flexibility index (Phi) is 5.54. The van der Waals surface area contributed by atoms with Crippen molar-refractivity contribution in [1.82, 2.24) is 21.0 Å². The predicted molar refractivity (Wildman–Crippen MR) is 112 cm³/mol. The standard InChI is InChI=1S/C18H22N6O2S2/c1-10-3-4-12(7-11(10)2)24-15-13(8-20-24)16(26)23-18(22-15)28-9-14(25)21-17-19-5-6-27-17/h3-7,13,15,18,20,22H,8-9H2,1-2H3,(H,23,26)(H,19,21,25). The fourth-order valence-electron chi connectivity index (χ4n) is 3.26. The van der Waals surface area contributed by atoms with Crippen LogP contribution in [-0.2, 0) is 9.59 Å². The summed E-state index contributed by atoms with van der Waals surface area (Å²) in [6.45, 7) is 4.72. The lowest BCUT2D eigenvalue weighted by atomic mass is 10.0. The van der Waals surface area contributed by atoms with E-state index in [2.05, 4.69) is 58.4 Å². The molecule has 0 bridgehead atoms. The summed E-state index contributed by atoms with van der Waals surface area (Å²) in [5.74, 6) is -0.136. The van der Waals surface area contributed by atoms with Gasteiger partial charge in [0.2, 0.25) is 11.8 Å². The lowest BCUT2D eigenvalue weighted by molar-refractivity contribution is -0.127. The zero-order valence-electron chi connectivity index (χ0n) is 15.6. The van der Waals surface area contributed by atoms with Crippen molar-refractivity contribution >= 4 is 45.7 Å². The quantitative estimate of drug-likeness (QED) is 0.583. The van der Waals surface area contributed by atoms with E-state index in [-0.39, 0.29) is 35.1 Å². The summed E-state index contributed by atoms with van der Waals surface area (Å²) in [4.78, 5) is 28.7. The molecule has 0 saturated carbocycles. The molecule has 4 rings (SSSR count). The third-order valence-electron chi connectivity index (χ3n) is 4.90. The third-order valence-corrected chi connectivity index (χ3v) is 6.61. The van der Waals surface area contributed by atoms with Crippen LogP contribution in [0.4, 0.5) is 10.8 Å². The molecule has 2 aromatic rings. The first-order valence-corrected chi connectivity index (χ1v) is 10.9. The number of nitrogens with one attached hydrogen (secondary N) is 4. The summed E-state index contributed by atoms with van der Waals surface area (Å²) in [6.07, 6.45) is 1.47. The zero-order chi connectivity index (χ0) is 19.7. The number of hydrogen-bond acceptors (Lipinski definition) is 8. The van der Waals surface area contributed by atoms with Gasteiger partial charge in [0.25, 0.3) is 0 Å². The van der Waals surface area contributed by atoms with Crippen LogP contribution in [0.5, 0.6) is 0 Å². The second-order valence-corrected chi connectivity index (χ2v) is 8.79. The summed E-state index contributed by atoms with van der Waals surface area (Å²) in [7, 11) is 0. The first-order valence-electron chi connectivity index (χ1n) is 8.98. The van der Waals surface area contributed by atoms with Gasteiger partial charge in [-0.15, -0.1) is 23.1 Å².